The maximum atomic E-state index is 5.27. The molecule has 3 N–H and O–H groups in total. The lowest BCUT2D eigenvalue weighted by atomic mass is 10.0. The van der Waals surface area contributed by atoms with Crippen LogP contribution in [-0.2, 0) is 0 Å². The van der Waals surface area contributed by atoms with Gasteiger partial charge < -0.3 is 11.1 Å². The second kappa shape index (κ2) is 3.01. The predicted molar refractivity (Wildman–Crippen MR) is 44.3 cm³/mol. The van der Waals surface area contributed by atoms with Crippen molar-refractivity contribution in [3.63, 3.8) is 0 Å². The minimum atomic E-state index is 0.0475. The summed E-state index contributed by atoms with van der Waals surface area (Å²) in [5, 5.41) is 3.35. The lowest BCUT2D eigenvalue weighted by molar-refractivity contribution is 0.446. The molecule has 0 heterocycles. The van der Waals surface area contributed by atoms with Gasteiger partial charge in [0, 0.05) is 5.54 Å². The van der Waals surface area contributed by atoms with Gasteiger partial charge in [0.1, 0.15) is 0 Å². The predicted octanol–water partition coefficient (Wildman–Crippen LogP) is 1.01. The lowest BCUT2D eigenvalue weighted by Crippen LogP contribution is -2.45. The summed E-state index contributed by atoms with van der Waals surface area (Å²) in [7, 11) is 0. The molecule has 0 saturated heterocycles. The minimum absolute atomic E-state index is 0.0475. The second-order valence-corrected chi connectivity index (χ2v) is 3.17. The zero-order valence-corrected chi connectivity index (χ0v) is 7.01. The molecule has 0 aromatic rings. The van der Waals surface area contributed by atoms with Crippen LogP contribution in [0.5, 0.6) is 0 Å². The Bertz CT molecular complexity index is 110. The van der Waals surface area contributed by atoms with Gasteiger partial charge in [-0.15, -0.1) is 0 Å². The van der Waals surface area contributed by atoms with Gasteiger partial charge in [0.25, 0.3) is 0 Å². The quantitative estimate of drug-likeness (QED) is 0.571. The van der Waals surface area contributed by atoms with Crippen LogP contribution in [0.25, 0.3) is 0 Å². The number of thiocarbonyl (C=S) groups is 1. The summed E-state index contributed by atoms with van der Waals surface area (Å²) >= 11 is 4.68. The molecule has 0 saturated carbocycles. The maximum absolute atomic E-state index is 5.27. The fraction of sp³-hybridized carbons (Fsp3) is 0.833. The van der Waals surface area contributed by atoms with Crippen LogP contribution in [0.3, 0.4) is 0 Å². The molecule has 0 amide bonds. The van der Waals surface area contributed by atoms with Gasteiger partial charge in [-0.05, 0) is 32.5 Å². The van der Waals surface area contributed by atoms with Crippen molar-refractivity contribution >= 4 is 17.3 Å². The molecule has 9 heavy (non-hydrogen) atoms. The first-order chi connectivity index (χ1) is 3.98. The van der Waals surface area contributed by atoms with Crippen LogP contribution in [0.1, 0.15) is 27.2 Å². The van der Waals surface area contributed by atoms with Crippen LogP contribution in [-0.4, -0.2) is 10.7 Å². The molecule has 0 unspecified atom stereocenters. The minimum Gasteiger partial charge on any atom is -0.376 e. The van der Waals surface area contributed by atoms with E-state index in [0.717, 1.165) is 6.42 Å². The molecule has 3 heteroatoms. The van der Waals surface area contributed by atoms with Crippen molar-refractivity contribution in [3.8, 4) is 0 Å². The fourth-order valence-electron chi connectivity index (χ4n) is 0.422. The first-order valence-corrected chi connectivity index (χ1v) is 3.46. The largest absolute Gasteiger partial charge is 0.376 e. The molecule has 0 aliphatic rings. The molecule has 0 aromatic carbocycles. The summed E-state index contributed by atoms with van der Waals surface area (Å²) < 4.78 is 0. The third-order valence-electron chi connectivity index (χ3n) is 1.35. The molecule has 2 nitrogen and oxygen atoms in total. The van der Waals surface area contributed by atoms with E-state index in [9.17, 15) is 0 Å². The monoisotopic (exact) mass is 146 g/mol. The Hall–Kier alpha value is -0.310. The van der Waals surface area contributed by atoms with Crippen molar-refractivity contribution in [1.82, 2.24) is 5.32 Å². The molecule has 0 aliphatic carbocycles. The van der Waals surface area contributed by atoms with E-state index in [0.29, 0.717) is 5.11 Å². The van der Waals surface area contributed by atoms with Gasteiger partial charge in [-0.3, -0.25) is 0 Å². The number of hydrogen-bond donors (Lipinski definition) is 2. The summed E-state index contributed by atoms with van der Waals surface area (Å²) in [5.41, 5.74) is 5.32. The Kier molecular flexibility index (Phi) is 2.91. The zero-order valence-electron chi connectivity index (χ0n) is 6.19. The first kappa shape index (κ1) is 8.69. The molecule has 0 radical (unpaired) electrons. The van der Waals surface area contributed by atoms with Crippen molar-refractivity contribution in [2.75, 3.05) is 0 Å². The van der Waals surface area contributed by atoms with E-state index >= 15 is 0 Å². The Morgan fingerprint density at radius 1 is 1.67 bits per heavy atom. The molecule has 0 bridgehead atoms. The maximum Gasteiger partial charge on any atom is 0.164 e. The molecular weight excluding hydrogens is 132 g/mol. The molecule has 0 atom stereocenters. The Morgan fingerprint density at radius 3 is 2.22 bits per heavy atom. The van der Waals surface area contributed by atoms with Gasteiger partial charge in [0.15, 0.2) is 5.11 Å². The molecule has 0 rings (SSSR count). The molecular formula is C6H14N2S. The standard InChI is InChI=1S/C6H14N2S/c1-4-6(2,3)8-5(7)9/h4H2,1-3H3,(H3,7,8,9). The van der Waals surface area contributed by atoms with Gasteiger partial charge >= 0.3 is 0 Å². The molecule has 0 aliphatic heterocycles. The summed E-state index contributed by atoms with van der Waals surface area (Å²) in [5.74, 6) is 0. The molecule has 0 fully saturated rings. The third-order valence-corrected chi connectivity index (χ3v) is 1.45. The van der Waals surface area contributed by atoms with E-state index in [1.54, 1.807) is 0 Å². The lowest BCUT2D eigenvalue weighted by Gasteiger charge is -2.24. The topological polar surface area (TPSA) is 38.0 Å². The summed E-state index contributed by atoms with van der Waals surface area (Å²) in [6.07, 6.45) is 1.02. The second-order valence-electron chi connectivity index (χ2n) is 2.73. The van der Waals surface area contributed by atoms with E-state index < -0.39 is 0 Å². The highest BCUT2D eigenvalue weighted by Crippen LogP contribution is 2.05. The van der Waals surface area contributed by atoms with Crippen molar-refractivity contribution in [2.24, 2.45) is 5.73 Å². The van der Waals surface area contributed by atoms with Crippen molar-refractivity contribution in [3.05, 3.63) is 0 Å². The highest BCUT2D eigenvalue weighted by atomic mass is 32.1. The number of rotatable bonds is 2. The molecule has 54 valence electrons. The number of nitrogens with two attached hydrogens (primary N) is 1. The number of hydrogen-bond acceptors (Lipinski definition) is 1. The average molecular weight is 146 g/mol. The highest BCUT2D eigenvalue weighted by Gasteiger charge is 2.13. The first-order valence-electron chi connectivity index (χ1n) is 3.05. The van der Waals surface area contributed by atoms with Gasteiger partial charge in [-0.1, -0.05) is 6.92 Å². The van der Waals surface area contributed by atoms with Crippen LogP contribution < -0.4 is 11.1 Å². The van der Waals surface area contributed by atoms with Crippen molar-refractivity contribution < 1.29 is 0 Å². The van der Waals surface area contributed by atoms with Crippen LogP contribution in [0.4, 0.5) is 0 Å². The van der Waals surface area contributed by atoms with E-state index in [4.69, 9.17) is 5.73 Å². The van der Waals surface area contributed by atoms with Crippen molar-refractivity contribution in [1.29, 1.82) is 0 Å². The molecule has 0 spiro atoms. The Morgan fingerprint density at radius 2 is 2.11 bits per heavy atom. The smallest absolute Gasteiger partial charge is 0.164 e. The van der Waals surface area contributed by atoms with Crippen molar-refractivity contribution in [2.45, 2.75) is 32.7 Å². The van der Waals surface area contributed by atoms with E-state index in [1.807, 2.05) is 0 Å². The molecule has 0 aromatic heterocycles. The summed E-state index contributed by atoms with van der Waals surface area (Å²) in [6, 6.07) is 0. The van der Waals surface area contributed by atoms with E-state index in [2.05, 4.69) is 38.3 Å². The SMILES string of the molecule is CCC(C)(C)NC(N)=S. The van der Waals surface area contributed by atoms with E-state index in [1.165, 1.54) is 0 Å². The summed E-state index contributed by atoms with van der Waals surface area (Å²) in [6.45, 7) is 6.21. The Labute approximate surface area is 61.8 Å². The van der Waals surface area contributed by atoms with Crippen LogP contribution in [0.15, 0.2) is 0 Å². The van der Waals surface area contributed by atoms with Gasteiger partial charge in [0.05, 0.1) is 0 Å². The summed E-state index contributed by atoms with van der Waals surface area (Å²) in [4.78, 5) is 0. The highest BCUT2D eigenvalue weighted by molar-refractivity contribution is 7.80. The fourth-order valence-corrected chi connectivity index (χ4v) is 0.698. The average Bonchev–Trinajstić information content (AvgIpc) is 1.63. The number of nitrogens with one attached hydrogen (secondary N) is 1. The van der Waals surface area contributed by atoms with Crippen LogP contribution in [0, 0.1) is 0 Å². The Balaban J connectivity index is 3.71. The van der Waals surface area contributed by atoms with Crippen LogP contribution in [0.2, 0.25) is 0 Å². The van der Waals surface area contributed by atoms with Gasteiger partial charge in [-0.25, -0.2) is 0 Å². The van der Waals surface area contributed by atoms with Crippen LogP contribution >= 0.6 is 12.2 Å². The van der Waals surface area contributed by atoms with Gasteiger partial charge in [0.2, 0.25) is 0 Å². The zero-order chi connectivity index (χ0) is 7.49. The normalized spacial score (nSPS) is 11.0. The van der Waals surface area contributed by atoms with Gasteiger partial charge in [-0.2, -0.15) is 0 Å². The van der Waals surface area contributed by atoms with E-state index in [-0.39, 0.29) is 5.54 Å². The third kappa shape index (κ3) is 4.21.